The zero-order valence-corrected chi connectivity index (χ0v) is 13.0. The number of hydrogen-bond donors (Lipinski definition) is 3. The molecule has 104 valence electrons. The van der Waals surface area contributed by atoms with Crippen LogP contribution in [-0.4, -0.2) is 5.91 Å². The summed E-state index contributed by atoms with van der Waals surface area (Å²) in [5.74, 6) is 5.57. The number of benzene rings is 2. The number of rotatable bonds is 4. The third-order valence-electron chi connectivity index (χ3n) is 2.75. The van der Waals surface area contributed by atoms with Gasteiger partial charge in [0.15, 0.2) is 0 Å². The zero-order chi connectivity index (χ0) is 14.5. The summed E-state index contributed by atoms with van der Waals surface area (Å²) in [4.78, 5) is 12.5. The molecule has 0 saturated heterocycles. The number of amides is 1. The van der Waals surface area contributed by atoms with Crippen LogP contribution in [0.2, 0.25) is 0 Å². The number of carbonyl (C=O) groups is 1. The van der Waals surface area contributed by atoms with Crippen molar-refractivity contribution >= 4 is 39.3 Å². The van der Waals surface area contributed by atoms with Crippen LogP contribution in [0.4, 0.5) is 5.69 Å². The molecule has 0 spiro atoms. The quantitative estimate of drug-likeness (QED) is 0.260. The van der Waals surface area contributed by atoms with Crippen LogP contribution < -0.4 is 17.0 Å². The molecule has 0 heterocycles. The van der Waals surface area contributed by atoms with Gasteiger partial charge < -0.3 is 5.73 Å². The first kappa shape index (κ1) is 14.9. The Kier molecular flexibility index (Phi) is 5.05. The molecule has 0 aromatic heterocycles. The standard InChI is InChI=1S/C14H14BrN3OS/c15-11-7-9(14(19)18-17)5-6-10(11)8-20-13-4-2-1-3-12(13)16/h1-7H,8,16-17H2,(H,18,19). The third kappa shape index (κ3) is 3.53. The van der Waals surface area contributed by atoms with Crippen LogP contribution in [0.3, 0.4) is 0 Å². The Morgan fingerprint density at radius 1 is 1.25 bits per heavy atom. The Balaban J connectivity index is 2.11. The molecule has 0 radical (unpaired) electrons. The van der Waals surface area contributed by atoms with Crippen molar-refractivity contribution in [1.29, 1.82) is 0 Å². The fraction of sp³-hybridized carbons (Fsp3) is 0.0714. The van der Waals surface area contributed by atoms with Gasteiger partial charge in [0.2, 0.25) is 0 Å². The Hall–Kier alpha value is -1.50. The molecule has 2 aromatic carbocycles. The van der Waals surface area contributed by atoms with Crippen LogP contribution in [-0.2, 0) is 5.75 Å². The monoisotopic (exact) mass is 351 g/mol. The number of anilines is 1. The van der Waals surface area contributed by atoms with E-state index in [9.17, 15) is 4.79 Å². The van der Waals surface area contributed by atoms with Crippen molar-refractivity contribution in [3.05, 3.63) is 58.1 Å². The largest absolute Gasteiger partial charge is 0.398 e. The molecular formula is C14H14BrN3OS. The van der Waals surface area contributed by atoms with Crippen molar-refractivity contribution in [2.24, 2.45) is 5.84 Å². The van der Waals surface area contributed by atoms with Crippen LogP contribution in [0.1, 0.15) is 15.9 Å². The molecule has 0 unspecified atom stereocenters. The van der Waals surface area contributed by atoms with E-state index in [4.69, 9.17) is 11.6 Å². The number of hydrazine groups is 1. The number of hydrogen-bond acceptors (Lipinski definition) is 4. The van der Waals surface area contributed by atoms with Gasteiger partial charge in [0.05, 0.1) is 0 Å². The lowest BCUT2D eigenvalue weighted by Gasteiger charge is -2.08. The second-order valence-corrected chi connectivity index (χ2v) is 5.98. The van der Waals surface area contributed by atoms with E-state index in [1.807, 2.05) is 30.3 Å². The Morgan fingerprint density at radius 3 is 2.65 bits per heavy atom. The molecule has 0 saturated carbocycles. The maximum absolute atomic E-state index is 11.4. The molecule has 1 amide bonds. The molecule has 0 fully saturated rings. The first-order valence-electron chi connectivity index (χ1n) is 5.88. The second-order valence-electron chi connectivity index (χ2n) is 4.11. The maximum Gasteiger partial charge on any atom is 0.265 e. The van der Waals surface area contributed by atoms with E-state index >= 15 is 0 Å². The molecule has 0 bridgehead atoms. The van der Waals surface area contributed by atoms with Crippen LogP contribution in [0, 0.1) is 0 Å². The molecule has 6 heteroatoms. The molecular weight excluding hydrogens is 338 g/mol. The van der Waals surface area contributed by atoms with Gasteiger partial charge in [-0.2, -0.15) is 0 Å². The van der Waals surface area contributed by atoms with E-state index in [1.165, 1.54) is 0 Å². The number of nitrogen functional groups attached to an aromatic ring is 2. The average molecular weight is 352 g/mol. The molecule has 0 aliphatic carbocycles. The van der Waals surface area contributed by atoms with Gasteiger partial charge in [-0.15, -0.1) is 11.8 Å². The minimum atomic E-state index is -0.308. The summed E-state index contributed by atoms with van der Waals surface area (Å²) in [6, 6.07) is 13.2. The van der Waals surface area contributed by atoms with Gasteiger partial charge in [0.1, 0.15) is 0 Å². The summed E-state index contributed by atoms with van der Waals surface area (Å²) < 4.78 is 0.876. The predicted molar refractivity (Wildman–Crippen MR) is 86.2 cm³/mol. The van der Waals surface area contributed by atoms with Crippen molar-refractivity contribution in [1.82, 2.24) is 5.43 Å². The van der Waals surface area contributed by atoms with Crippen molar-refractivity contribution < 1.29 is 4.79 Å². The molecule has 0 aliphatic rings. The van der Waals surface area contributed by atoms with E-state index in [0.29, 0.717) is 5.56 Å². The van der Waals surface area contributed by atoms with Gasteiger partial charge in [0, 0.05) is 26.4 Å². The molecule has 2 aromatic rings. The molecule has 0 aliphatic heterocycles. The third-order valence-corrected chi connectivity index (χ3v) is 4.62. The molecule has 5 N–H and O–H groups in total. The van der Waals surface area contributed by atoms with Crippen LogP contribution >= 0.6 is 27.7 Å². The van der Waals surface area contributed by atoms with Gasteiger partial charge in [-0.1, -0.05) is 34.1 Å². The van der Waals surface area contributed by atoms with Gasteiger partial charge in [0.25, 0.3) is 5.91 Å². The van der Waals surface area contributed by atoms with E-state index in [0.717, 1.165) is 26.4 Å². The lowest BCUT2D eigenvalue weighted by atomic mass is 10.1. The fourth-order valence-corrected chi connectivity index (χ4v) is 3.33. The first-order chi connectivity index (χ1) is 9.61. The Morgan fingerprint density at radius 2 is 2.00 bits per heavy atom. The lowest BCUT2D eigenvalue weighted by Crippen LogP contribution is -2.29. The summed E-state index contributed by atoms with van der Waals surface area (Å²) >= 11 is 5.13. The number of carbonyl (C=O) groups excluding carboxylic acids is 1. The summed E-state index contributed by atoms with van der Waals surface area (Å²) in [6.07, 6.45) is 0. The van der Waals surface area contributed by atoms with E-state index in [-0.39, 0.29) is 5.91 Å². The highest BCUT2D eigenvalue weighted by Gasteiger charge is 2.08. The fourth-order valence-electron chi connectivity index (χ4n) is 1.66. The lowest BCUT2D eigenvalue weighted by molar-refractivity contribution is 0.0953. The minimum Gasteiger partial charge on any atom is -0.398 e. The number of halogens is 1. The maximum atomic E-state index is 11.4. The molecule has 4 nitrogen and oxygen atoms in total. The Labute approximate surface area is 130 Å². The first-order valence-corrected chi connectivity index (χ1v) is 7.66. The molecule has 0 atom stereocenters. The van der Waals surface area contributed by atoms with Crippen LogP contribution in [0.25, 0.3) is 0 Å². The van der Waals surface area contributed by atoms with Gasteiger partial charge in [-0.3, -0.25) is 10.2 Å². The normalized spacial score (nSPS) is 10.3. The molecule has 20 heavy (non-hydrogen) atoms. The number of nitrogens with two attached hydrogens (primary N) is 2. The highest BCUT2D eigenvalue weighted by Crippen LogP contribution is 2.30. The van der Waals surface area contributed by atoms with Crippen LogP contribution in [0.5, 0.6) is 0 Å². The van der Waals surface area contributed by atoms with Crippen molar-refractivity contribution in [3.8, 4) is 0 Å². The van der Waals surface area contributed by atoms with Gasteiger partial charge >= 0.3 is 0 Å². The summed E-state index contributed by atoms with van der Waals surface area (Å²) in [5, 5.41) is 0. The van der Waals surface area contributed by atoms with Crippen molar-refractivity contribution in [2.75, 3.05) is 5.73 Å². The van der Waals surface area contributed by atoms with Crippen LogP contribution in [0.15, 0.2) is 51.8 Å². The average Bonchev–Trinajstić information content (AvgIpc) is 2.46. The summed E-state index contributed by atoms with van der Waals surface area (Å²) in [7, 11) is 0. The van der Waals surface area contributed by atoms with E-state index in [1.54, 1.807) is 23.9 Å². The minimum absolute atomic E-state index is 0.308. The van der Waals surface area contributed by atoms with Gasteiger partial charge in [-0.05, 0) is 29.8 Å². The highest BCUT2D eigenvalue weighted by atomic mass is 79.9. The summed E-state index contributed by atoms with van der Waals surface area (Å²) in [6.45, 7) is 0. The number of thioether (sulfide) groups is 1. The smallest absolute Gasteiger partial charge is 0.265 e. The van der Waals surface area contributed by atoms with Gasteiger partial charge in [-0.25, -0.2) is 5.84 Å². The number of nitrogens with one attached hydrogen (secondary N) is 1. The predicted octanol–water partition coefficient (Wildman–Crippen LogP) is 2.93. The highest BCUT2D eigenvalue weighted by molar-refractivity contribution is 9.10. The topological polar surface area (TPSA) is 81.1 Å². The SMILES string of the molecule is NNC(=O)c1ccc(CSc2ccccc2N)c(Br)c1. The van der Waals surface area contributed by atoms with E-state index < -0.39 is 0 Å². The van der Waals surface area contributed by atoms with E-state index in [2.05, 4.69) is 21.4 Å². The number of para-hydroxylation sites is 1. The van der Waals surface area contributed by atoms with Crippen molar-refractivity contribution in [2.45, 2.75) is 10.6 Å². The second kappa shape index (κ2) is 6.78. The molecule has 2 rings (SSSR count). The van der Waals surface area contributed by atoms with Crippen molar-refractivity contribution in [3.63, 3.8) is 0 Å². The zero-order valence-electron chi connectivity index (χ0n) is 10.6. The summed E-state index contributed by atoms with van der Waals surface area (Å²) in [5.41, 5.74) is 10.4. The Bertz CT molecular complexity index is 634.